The maximum atomic E-state index is 12.4. The third-order valence-corrected chi connectivity index (χ3v) is 4.12. The lowest BCUT2D eigenvalue weighted by atomic mass is 10.2. The molecule has 0 radical (unpaired) electrons. The van der Waals surface area contributed by atoms with Crippen molar-refractivity contribution in [3.05, 3.63) is 29.7 Å². The minimum Gasteiger partial charge on any atom is -0.374 e. The standard InChI is InChI=1S/C16H23N5O3/c1-11-7-17-21(8-11)10-14-9-20(4-5-23-14)13(3)16(22)18-15-6-12(2)19-24-15/h6-8,13-14H,4-5,9-10H2,1-3H3,(H,18,22)/t13-,14+/m1/s1. The van der Waals surface area contributed by atoms with Gasteiger partial charge in [0.15, 0.2) is 0 Å². The largest absolute Gasteiger partial charge is 0.374 e. The summed E-state index contributed by atoms with van der Waals surface area (Å²) >= 11 is 0. The number of morpholine rings is 1. The fourth-order valence-electron chi connectivity index (χ4n) is 2.79. The number of aromatic nitrogens is 3. The summed E-state index contributed by atoms with van der Waals surface area (Å²) in [4.78, 5) is 14.5. The zero-order valence-corrected chi connectivity index (χ0v) is 14.2. The van der Waals surface area contributed by atoms with E-state index in [0.29, 0.717) is 25.6 Å². The summed E-state index contributed by atoms with van der Waals surface area (Å²) in [7, 11) is 0. The molecule has 2 aromatic heterocycles. The minimum atomic E-state index is -0.277. The Morgan fingerprint density at radius 3 is 3.00 bits per heavy atom. The van der Waals surface area contributed by atoms with Crippen molar-refractivity contribution >= 4 is 11.8 Å². The van der Waals surface area contributed by atoms with Crippen LogP contribution in [0.5, 0.6) is 0 Å². The van der Waals surface area contributed by atoms with Crippen LogP contribution in [0.3, 0.4) is 0 Å². The van der Waals surface area contributed by atoms with E-state index in [0.717, 1.165) is 17.8 Å². The molecule has 0 aromatic carbocycles. The van der Waals surface area contributed by atoms with Gasteiger partial charge in [-0.1, -0.05) is 5.16 Å². The quantitative estimate of drug-likeness (QED) is 0.885. The van der Waals surface area contributed by atoms with Gasteiger partial charge in [0, 0.05) is 25.4 Å². The molecule has 1 fully saturated rings. The molecule has 0 saturated carbocycles. The number of anilines is 1. The molecule has 1 saturated heterocycles. The zero-order valence-electron chi connectivity index (χ0n) is 14.2. The van der Waals surface area contributed by atoms with E-state index in [1.54, 1.807) is 6.07 Å². The van der Waals surface area contributed by atoms with Crippen LogP contribution in [-0.4, -0.2) is 57.6 Å². The molecule has 8 heteroatoms. The summed E-state index contributed by atoms with van der Waals surface area (Å²) in [5, 5.41) is 10.8. The molecule has 1 N–H and O–H groups in total. The maximum Gasteiger partial charge on any atom is 0.243 e. The third kappa shape index (κ3) is 4.01. The fourth-order valence-corrected chi connectivity index (χ4v) is 2.79. The van der Waals surface area contributed by atoms with Crippen LogP contribution in [0.2, 0.25) is 0 Å². The SMILES string of the molecule is Cc1cnn(C[C@@H]2CN([C@H](C)C(=O)Nc3cc(C)no3)CCO2)c1. The molecule has 2 atom stereocenters. The lowest BCUT2D eigenvalue weighted by Gasteiger charge is -2.35. The van der Waals surface area contributed by atoms with E-state index in [9.17, 15) is 4.79 Å². The summed E-state index contributed by atoms with van der Waals surface area (Å²) in [5.41, 5.74) is 1.86. The van der Waals surface area contributed by atoms with Crippen LogP contribution in [-0.2, 0) is 16.1 Å². The fraction of sp³-hybridized carbons (Fsp3) is 0.562. The molecule has 0 aliphatic carbocycles. The molecular weight excluding hydrogens is 310 g/mol. The maximum absolute atomic E-state index is 12.4. The Kier molecular flexibility index (Phi) is 4.96. The lowest BCUT2D eigenvalue weighted by molar-refractivity contribution is -0.124. The first-order chi connectivity index (χ1) is 11.5. The molecule has 2 aromatic rings. The molecule has 3 rings (SSSR count). The Balaban J connectivity index is 1.55. The Labute approximate surface area is 140 Å². The average molecular weight is 333 g/mol. The van der Waals surface area contributed by atoms with Crippen molar-refractivity contribution in [2.24, 2.45) is 0 Å². The predicted molar refractivity (Wildman–Crippen MR) is 87.6 cm³/mol. The van der Waals surface area contributed by atoms with Crippen LogP contribution >= 0.6 is 0 Å². The van der Waals surface area contributed by atoms with Crippen molar-refractivity contribution in [3.63, 3.8) is 0 Å². The topological polar surface area (TPSA) is 85.4 Å². The normalized spacial score (nSPS) is 20.0. The summed E-state index contributed by atoms with van der Waals surface area (Å²) in [6.45, 7) is 8.39. The molecule has 1 aliphatic heterocycles. The highest BCUT2D eigenvalue weighted by atomic mass is 16.5. The van der Waals surface area contributed by atoms with Crippen molar-refractivity contribution in [2.75, 3.05) is 25.0 Å². The van der Waals surface area contributed by atoms with E-state index < -0.39 is 0 Å². The number of carbonyl (C=O) groups excluding carboxylic acids is 1. The lowest BCUT2D eigenvalue weighted by Crippen LogP contribution is -2.51. The number of ether oxygens (including phenoxy) is 1. The van der Waals surface area contributed by atoms with Gasteiger partial charge >= 0.3 is 0 Å². The second-order valence-electron chi connectivity index (χ2n) is 6.23. The molecule has 0 spiro atoms. The van der Waals surface area contributed by atoms with Crippen LogP contribution in [0.15, 0.2) is 23.0 Å². The Bertz CT molecular complexity index is 695. The smallest absolute Gasteiger partial charge is 0.243 e. The minimum absolute atomic E-state index is 0.0147. The number of nitrogens with zero attached hydrogens (tertiary/aromatic N) is 4. The van der Waals surface area contributed by atoms with E-state index >= 15 is 0 Å². The van der Waals surface area contributed by atoms with Crippen molar-refractivity contribution < 1.29 is 14.1 Å². The zero-order chi connectivity index (χ0) is 17.1. The van der Waals surface area contributed by atoms with E-state index in [1.807, 2.05) is 37.8 Å². The molecule has 3 heterocycles. The third-order valence-electron chi connectivity index (χ3n) is 4.12. The molecule has 0 unspecified atom stereocenters. The highest BCUT2D eigenvalue weighted by Crippen LogP contribution is 2.14. The van der Waals surface area contributed by atoms with Crippen LogP contribution < -0.4 is 5.32 Å². The highest BCUT2D eigenvalue weighted by molar-refractivity contribution is 5.93. The van der Waals surface area contributed by atoms with E-state index in [4.69, 9.17) is 9.26 Å². The Hall–Kier alpha value is -2.19. The molecule has 8 nitrogen and oxygen atoms in total. The summed E-state index contributed by atoms with van der Waals surface area (Å²) in [5.74, 6) is 0.267. The molecule has 130 valence electrons. The van der Waals surface area contributed by atoms with Gasteiger partial charge in [0.05, 0.1) is 37.2 Å². The van der Waals surface area contributed by atoms with Gasteiger partial charge in [0.1, 0.15) is 0 Å². The summed E-state index contributed by atoms with van der Waals surface area (Å²) < 4.78 is 12.7. The summed E-state index contributed by atoms with van der Waals surface area (Å²) in [6, 6.07) is 1.42. The van der Waals surface area contributed by atoms with E-state index in [2.05, 4.69) is 20.5 Å². The number of hydrogen-bond acceptors (Lipinski definition) is 6. The second kappa shape index (κ2) is 7.14. The molecule has 24 heavy (non-hydrogen) atoms. The van der Waals surface area contributed by atoms with Crippen LogP contribution in [0, 0.1) is 13.8 Å². The van der Waals surface area contributed by atoms with E-state index in [1.165, 1.54) is 0 Å². The predicted octanol–water partition coefficient (Wildman–Crippen LogP) is 1.22. The van der Waals surface area contributed by atoms with Crippen molar-refractivity contribution in [3.8, 4) is 0 Å². The van der Waals surface area contributed by atoms with Crippen LogP contribution in [0.1, 0.15) is 18.2 Å². The molecule has 1 amide bonds. The van der Waals surface area contributed by atoms with Crippen LogP contribution in [0.25, 0.3) is 0 Å². The Morgan fingerprint density at radius 1 is 1.50 bits per heavy atom. The number of nitrogens with one attached hydrogen (secondary N) is 1. The number of hydrogen-bond donors (Lipinski definition) is 1. The van der Waals surface area contributed by atoms with E-state index in [-0.39, 0.29) is 18.1 Å². The summed E-state index contributed by atoms with van der Waals surface area (Å²) in [6.07, 6.45) is 3.83. The first-order valence-electron chi connectivity index (χ1n) is 8.10. The molecule has 0 bridgehead atoms. The van der Waals surface area contributed by atoms with Crippen LogP contribution in [0.4, 0.5) is 5.88 Å². The number of rotatable bonds is 5. The van der Waals surface area contributed by atoms with Gasteiger partial charge in [-0.25, -0.2) is 0 Å². The van der Waals surface area contributed by atoms with Gasteiger partial charge in [-0.3, -0.25) is 19.7 Å². The first-order valence-corrected chi connectivity index (χ1v) is 8.10. The van der Waals surface area contributed by atoms with Gasteiger partial charge < -0.3 is 9.26 Å². The molecular formula is C16H23N5O3. The highest BCUT2D eigenvalue weighted by Gasteiger charge is 2.28. The Morgan fingerprint density at radius 2 is 2.33 bits per heavy atom. The van der Waals surface area contributed by atoms with Gasteiger partial charge in [-0.15, -0.1) is 0 Å². The average Bonchev–Trinajstić information content (AvgIpc) is 3.15. The number of amides is 1. The second-order valence-corrected chi connectivity index (χ2v) is 6.23. The van der Waals surface area contributed by atoms with Gasteiger partial charge in [-0.2, -0.15) is 5.10 Å². The number of carbonyl (C=O) groups is 1. The number of aryl methyl sites for hydroxylation is 2. The van der Waals surface area contributed by atoms with Crippen molar-refractivity contribution in [2.45, 2.75) is 39.5 Å². The van der Waals surface area contributed by atoms with Gasteiger partial charge in [0.25, 0.3) is 0 Å². The van der Waals surface area contributed by atoms with Crippen molar-refractivity contribution in [1.29, 1.82) is 0 Å². The molecule has 1 aliphatic rings. The monoisotopic (exact) mass is 333 g/mol. The van der Waals surface area contributed by atoms with Gasteiger partial charge in [-0.05, 0) is 26.3 Å². The first kappa shape index (κ1) is 16.7. The van der Waals surface area contributed by atoms with Gasteiger partial charge in [0.2, 0.25) is 11.8 Å². The van der Waals surface area contributed by atoms with Crippen molar-refractivity contribution in [1.82, 2.24) is 19.8 Å².